The molecule has 0 amide bonds. The predicted octanol–water partition coefficient (Wildman–Crippen LogP) is 3.91. The van der Waals surface area contributed by atoms with Crippen LogP contribution in [0, 0.1) is 0 Å². The average Bonchev–Trinajstić information content (AvgIpc) is 3.52. The molecule has 0 aliphatic heterocycles. The van der Waals surface area contributed by atoms with E-state index in [0.29, 0.717) is 7.25 Å². The van der Waals surface area contributed by atoms with Crippen LogP contribution in [0.4, 0.5) is 0 Å². The van der Waals surface area contributed by atoms with Crippen LogP contribution in [0.1, 0.15) is 40.6 Å². The minimum atomic E-state index is -2.73. The van der Waals surface area contributed by atoms with Crippen LogP contribution in [0.3, 0.4) is 0 Å². The summed E-state index contributed by atoms with van der Waals surface area (Å²) in [4.78, 5) is 0. The molecule has 0 spiro atoms. The average molecular weight is 703 g/mol. The van der Waals surface area contributed by atoms with E-state index in [9.17, 15) is 0 Å². The van der Waals surface area contributed by atoms with E-state index in [1.807, 2.05) is 0 Å². The van der Waals surface area contributed by atoms with Gasteiger partial charge in [0.1, 0.15) is 0 Å². The fourth-order valence-corrected chi connectivity index (χ4v) is 27.9. The summed E-state index contributed by atoms with van der Waals surface area (Å²) >= 11 is -2.73. The second-order valence-electron chi connectivity index (χ2n) is 13.4. The molecule has 2 unspecified atom stereocenters. The van der Waals surface area contributed by atoms with Gasteiger partial charge in [0.2, 0.25) is 0 Å². The number of allylic oxidation sites excluding steroid dienone is 2. The molecule has 0 fully saturated rings. The van der Waals surface area contributed by atoms with Crippen LogP contribution >= 0.6 is 0 Å². The van der Waals surface area contributed by atoms with Crippen molar-refractivity contribution in [1.82, 2.24) is 0 Å². The first-order valence-corrected chi connectivity index (χ1v) is 25.7. The Morgan fingerprint density at radius 3 is 1.17 bits per heavy atom. The number of fused-ring (bicyclic) bond motifs is 2. The number of hydrogen-bond donors (Lipinski definition) is 0. The van der Waals surface area contributed by atoms with Crippen molar-refractivity contribution in [2.75, 3.05) is 0 Å². The van der Waals surface area contributed by atoms with Gasteiger partial charge >= 0.3 is 252 Å². The third kappa shape index (κ3) is 6.19. The van der Waals surface area contributed by atoms with Crippen molar-refractivity contribution in [3.8, 4) is 0 Å². The number of rotatable bonds is 6. The van der Waals surface area contributed by atoms with E-state index in [4.69, 9.17) is 0 Å². The van der Waals surface area contributed by atoms with E-state index in [-0.39, 0.29) is 24.8 Å². The Bertz CT molecular complexity index is 1540. The first-order chi connectivity index (χ1) is 19.1. The molecule has 2 atom stereocenters. The van der Waals surface area contributed by atoms with E-state index in [1.54, 1.807) is 24.7 Å². The summed E-state index contributed by atoms with van der Waals surface area (Å²) in [6.07, 6.45) is 5.25. The van der Waals surface area contributed by atoms with Crippen molar-refractivity contribution in [3.63, 3.8) is 0 Å². The molecule has 4 aromatic carbocycles. The molecule has 0 aromatic heterocycles. The van der Waals surface area contributed by atoms with Gasteiger partial charge in [-0.1, -0.05) is 0 Å². The summed E-state index contributed by atoms with van der Waals surface area (Å²) in [6.45, 7) is 15.4. The second-order valence-corrected chi connectivity index (χ2v) is 29.8. The zero-order chi connectivity index (χ0) is 28.1. The van der Waals surface area contributed by atoms with Crippen LogP contribution in [-0.2, 0) is 21.3 Å². The third-order valence-electron chi connectivity index (χ3n) is 8.63. The summed E-state index contributed by atoms with van der Waals surface area (Å²) in [6, 6.07) is 41.6. The van der Waals surface area contributed by atoms with E-state index in [0.717, 1.165) is 0 Å². The van der Waals surface area contributed by atoms with E-state index >= 15 is 0 Å². The van der Waals surface area contributed by atoms with Crippen LogP contribution in [0.5, 0.6) is 0 Å². The summed E-state index contributed by atoms with van der Waals surface area (Å²) in [5.41, 5.74) is 8.99. The molecule has 0 nitrogen and oxygen atoms in total. The Labute approximate surface area is 275 Å². The molecule has 2 aliphatic rings. The molecule has 0 saturated carbocycles. The number of benzene rings is 4. The molecule has 2 aliphatic carbocycles. The SMILES string of the molecule is C[Si](C)(C)C1=Cc2ccccc2[CH]1[Zr+2](=[C](c1ccccc1)c1ccccc1)[CH]1C([Si](C)(C)C)=Cc2ccccc21.[Cl-].[Cl-]. The van der Waals surface area contributed by atoms with E-state index < -0.39 is 37.4 Å². The topological polar surface area (TPSA) is 0 Å². The monoisotopic (exact) mass is 700 g/mol. The van der Waals surface area contributed by atoms with Gasteiger partial charge in [-0.3, -0.25) is 0 Å². The maximum Gasteiger partial charge on any atom is -1.00 e. The third-order valence-corrected chi connectivity index (χ3v) is 23.3. The summed E-state index contributed by atoms with van der Waals surface area (Å²) in [7, 11) is -3.23. The molecule has 0 radical (unpaired) electrons. The van der Waals surface area contributed by atoms with Crippen molar-refractivity contribution in [3.05, 3.63) is 153 Å². The van der Waals surface area contributed by atoms with Crippen molar-refractivity contribution in [2.45, 2.75) is 46.5 Å². The first kappa shape index (κ1) is 33.0. The zero-order valence-electron chi connectivity index (χ0n) is 25.5. The Balaban J connectivity index is 0.00000202. The summed E-state index contributed by atoms with van der Waals surface area (Å²) < 4.78 is 2.76. The van der Waals surface area contributed by atoms with Crippen molar-refractivity contribution >= 4 is 31.5 Å². The van der Waals surface area contributed by atoms with Gasteiger partial charge in [-0.2, -0.15) is 0 Å². The molecule has 0 bridgehead atoms. The summed E-state index contributed by atoms with van der Waals surface area (Å²) in [5.74, 6) is 0. The van der Waals surface area contributed by atoms with Crippen molar-refractivity contribution < 1.29 is 46.1 Å². The fraction of sp³-hybridized carbons (Fsp3) is 0.216. The van der Waals surface area contributed by atoms with Crippen LogP contribution < -0.4 is 24.8 Å². The Morgan fingerprint density at radius 2 is 0.810 bits per heavy atom. The van der Waals surface area contributed by atoms with Crippen LogP contribution in [0.15, 0.2) is 120 Å². The van der Waals surface area contributed by atoms with Gasteiger partial charge in [-0.15, -0.1) is 0 Å². The molecule has 0 heterocycles. The molecule has 5 heteroatoms. The predicted molar refractivity (Wildman–Crippen MR) is 177 cm³/mol. The van der Waals surface area contributed by atoms with Gasteiger partial charge in [0.05, 0.1) is 0 Å². The van der Waals surface area contributed by atoms with Crippen LogP contribution in [-0.4, -0.2) is 19.4 Å². The second kappa shape index (κ2) is 13.0. The molecule has 0 N–H and O–H groups in total. The Hall–Kier alpha value is -1.87. The van der Waals surface area contributed by atoms with Crippen LogP contribution in [0.2, 0.25) is 39.3 Å². The Kier molecular flexibility index (Phi) is 10.2. The Morgan fingerprint density at radius 1 is 0.476 bits per heavy atom. The van der Waals surface area contributed by atoms with E-state index in [1.165, 1.54) is 22.3 Å². The quantitative estimate of drug-likeness (QED) is 0.268. The molecule has 6 rings (SSSR count). The maximum absolute atomic E-state index is 2.73. The fourth-order valence-electron chi connectivity index (χ4n) is 6.78. The molecular weight excluding hydrogens is 663 g/mol. The van der Waals surface area contributed by atoms with Gasteiger partial charge in [0.15, 0.2) is 0 Å². The standard InChI is InChI=1S/C13H10.2C12H15Si.2ClH.Zr/c1-3-7-12(8-4-1)11-13-9-5-2-6-10-13;2*1-13(2,3)12-8-10-6-4-5-7-11(10)9-12;;;/h1-10H;2*4-9H,1-3H3;2*1H;/q;;;;;+2/p-2. The molecular formula is C37H40Cl2Si2Zr. The molecule has 4 aromatic rings. The van der Waals surface area contributed by atoms with Crippen LogP contribution in [0.25, 0.3) is 12.2 Å². The smallest absolute Gasteiger partial charge is 1.00 e. The first-order valence-electron chi connectivity index (χ1n) is 14.6. The van der Waals surface area contributed by atoms with Gasteiger partial charge in [0.25, 0.3) is 0 Å². The number of halogens is 2. The van der Waals surface area contributed by atoms with Gasteiger partial charge in [-0.05, 0) is 0 Å². The summed E-state index contributed by atoms with van der Waals surface area (Å²) in [5, 5.41) is 3.54. The molecule has 0 saturated heterocycles. The van der Waals surface area contributed by atoms with E-state index in [2.05, 4.69) is 161 Å². The van der Waals surface area contributed by atoms with Gasteiger partial charge in [0, 0.05) is 0 Å². The minimum absolute atomic E-state index is 0. The maximum atomic E-state index is 2.62. The minimum Gasteiger partial charge on any atom is -1.00 e. The van der Waals surface area contributed by atoms with Crippen molar-refractivity contribution in [2.24, 2.45) is 0 Å². The largest absolute Gasteiger partial charge is 1.00 e. The number of hydrogen-bond acceptors (Lipinski definition) is 0. The van der Waals surface area contributed by atoms with Crippen molar-refractivity contribution in [1.29, 1.82) is 0 Å². The van der Waals surface area contributed by atoms with Gasteiger partial charge in [-0.25, -0.2) is 0 Å². The normalized spacial score (nSPS) is 17.0. The zero-order valence-corrected chi connectivity index (χ0v) is 31.4. The van der Waals surface area contributed by atoms with Gasteiger partial charge < -0.3 is 24.8 Å². The molecule has 42 heavy (non-hydrogen) atoms. The molecule has 214 valence electrons.